The van der Waals surface area contributed by atoms with Gasteiger partial charge in [0, 0.05) is 21.9 Å². The number of unbranched alkanes of at least 4 members (excludes halogenated alkanes) is 6. The van der Waals surface area contributed by atoms with Crippen molar-refractivity contribution in [2.45, 2.75) is 164 Å². The van der Waals surface area contributed by atoms with Crippen LogP contribution < -0.4 is 10.6 Å². The molecule has 0 bridgehead atoms. The molecule has 0 unspecified atom stereocenters. The van der Waals surface area contributed by atoms with Gasteiger partial charge in [-0.3, -0.25) is 14.9 Å². The molecule has 1 amide bonds. The molecule has 1 heterocycles. The van der Waals surface area contributed by atoms with Crippen molar-refractivity contribution < 1.29 is 19.1 Å². The number of carbonyl (C=O) groups is 3. The highest BCUT2D eigenvalue weighted by Crippen LogP contribution is 2.33. The monoisotopic (exact) mass is 565 g/mol. The van der Waals surface area contributed by atoms with E-state index in [4.69, 9.17) is 4.74 Å². The van der Waals surface area contributed by atoms with Crippen LogP contribution in [0.25, 0.3) is 0 Å². The standard InChI is InChI=1S/C33H63N3O4/c1-28(2,3)25(37)32(13,34-30(7,8)9)21-19-17-15-14-16-18-20-22-40-27(39)36-23-33(24-36,35-31(10,11)12)26(38)29(4,5)6/h34-35H,14-24H2,1-13H3/t32-/m1/s1. The minimum atomic E-state index is -0.713. The molecule has 1 atom stereocenters. The van der Waals surface area contributed by atoms with Crippen molar-refractivity contribution in [3.63, 3.8) is 0 Å². The summed E-state index contributed by atoms with van der Waals surface area (Å²) in [7, 11) is 0. The molecule has 0 saturated carbocycles. The normalized spacial score (nSPS) is 17.7. The summed E-state index contributed by atoms with van der Waals surface area (Å²) in [5.74, 6) is 0.412. The zero-order chi connectivity index (χ0) is 31.2. The smallest absolute Gasteiger partial charge is 0.409 e. The second-order valence-electron chi connectivity index (χ2n) is 16.5. The summed E-state index contributed by atoms with van der Waals surface area (Å²) >= 11 is 0. The number of nitrogens with zero attached hydrogens (tertiary/aromatic N) is 1. The molecule has 7 nitrogen and oxygen atoms in total. The molecule has 0 aromatic rings. The van der Waals surface area contributed by atoms with E-state index >= 15 is 0 Å². The van der Waals surface area contributed by atoms with Gasteiger partial charge in [0.25, 0.3) is 0 Å². The van der Waals surface area contributed by atoms with E-state index in [1.165, 1.54) is 0 Å². The lowest BCUT2D eigenvalue weighted by atomic mass is 9.73. The third kappa shape index (κ3) is 11.8. The Kier molecular flexibility index (Phi) is 12.5. The molecule has 1 fully saturated rings. The van der Waals surface area contributed by atoms with E-state index in [1.807, 2.05) is 62.3 Å². The van der Waals surface area contributed by atoms with Crippen molar-refractivity contribution in [1.29, 1.82) is 0 Å². The molecular weight excluding hydrogens is 502 g/mol. The lowest BCUT2D eigenvalue weighted by molar-refractivity contribution is -0.141. The molecule has 1 aliphatic heterocycles. The Labute approximate surface area is 246 Å². The van der Waals surface area contributed by atoms with E-state index in [2.05, 4.69) is 38.3 Å². The highest BCUT2D eigenvalue weighted by Gasteiger charge is 2.55. The second-order valence-corrected chi connectivity index (χ2v) is 16.5. The zero-order valence-corrected chi connectivity index (χ0v) is 28.4. The number of ether oxygens (including phenoxy) is 1. The van der Waals surface area contributed by atoms with Crippen molar-refractivity contribution >= 4 is 17.7 Å². The van der Waals surface area contributed by atoms with Crippen LogP contribution in [0.3, 0.4) is 0 Å². The Morgan fingerprint density at radius 1 is 0.675 bits per heavy atom. The van der Waals surface area contributed by atoms with Gasteiger partial charge in [-0.25, -0.2) is 4.79 Å². The van der Waals surface area contributed by atoms with Gasteiger partial charge in [-0.15, -0.1) is 0 Å². The average molecular weight is 566 g/mol. The number of rotatable bonds is 14. The number of Topliss-reactive ketones (excluding diaryl/α,β-unsaturated/α-hetero) is 2. The van der Waals surface area contributed by atoms with E-state index < -0.39 is 16.5 Å². The highest BCUT2D eigenvalue weighted by molar-refractivity contribution is 5.95. The molecule has 234 valence electrons. The van der Waals surface area contributed by atoms with Crippen LogP contribution in [0.5, 0.6) is 0 Å². The Hall–Kier alpha value is -1.47. The van der Waals surface area contributed by atoms with E-state index in [1.54, 1.807) is 4.90 Å². The summed E-state index contributed by atoms with van der Waals surface area (Å²) in [6, 6.07) is 0. The maximum absolute atomic E-state index is 13.2. The first-order valence-corrected chi connectivity index (χ1v) is 15.5. The third-order valence-corrected chi connectivity index (χ3v) is 7.29. The number of hydrogen-bond donors (Lipinski definition) is 2. The largest absolute Gasteiger partial charge is 0.449 e. The van der Waals surface area contributed by atoms with Gasteiger partial charge < -0.3 is 15.0 Å². The second kappa shape index (κ2) is 13.7. The van der Waals surface area contributed by atoms with E-state index in [0.29, 0.717) is 19.7 Å². The summed E-state index contributed by atoms with van der Waals surface area (Å²) in [5.41, 5.74) is -2.44. The molecule has 1 rings (SSSR count). The Bertz CT molecular complexity index is 849. The first-order valence-electron chi connectivity index (χ1n) is 15.5. The first kappa shape index (κ1) is 36.6. The van der Waals surface area contributed by atoms with Crippen LogP contribution in [0.2, 0.25) is 0 Å². The molecule has 0 spiro atoms. The Morgan fingerprint density at radius 3 is 1.57 bits per heavy atom. The van der Waals surface area contributed by atoms with Crippen molar-refractivity contribution in [3.8, 4) is 0 Å². The van der Waals surface area contributed by atoms with Gasteiger partial charge in [0.2, 0.25) is 0 Å². The summed E-state index contributed by atoms with van der Waals surface area (Å²) in [6.07, 6.45) is 7.93. The number of nitrogens with one attached hydrogen (secondary N) is 2. The fourth-order valence-electron chi connectivity index (χ4n) is 6.05. The van der Waals surface area contributed by atoms with E-state index in [0.717, 1.165) is 51.4 Å². The van der Waals surface area contributed by atoms with Crippen molar-refractivity contribution in [3.05, 3.63) is 0 Å². The molecule has 1 aliphatic rings. The predicted octanol–water partition coefficient (Wildman–Crippen LogP) is 7.06. The number of carbonyl (C=O) groups excluding carboxylic acids is 3. The fraction of sp³-hybridized carbons (Fsp3) is 0.909. The van der Waals surface area contributed by atoms with Gasteiger partial charge in [-0.2, -0.15) is 0 Å². The van der Waals surface area contributed by atoms with Crippen LogP contribution in [0.15, 0.2) is 0 Å². The van der Waals surface area contributed by atoms with Gasteiger partial charge >= 0.3 is 6.09 Å². The quantitative estimate of drug-likeness (QED) is 0.219. The minimum Gasteiger partial charge on any atom is -0.449 e. The highest BCUT2D eigenvalue weighted by atomic mass is 16.6. The summed E-state index contributed by atoms with van der Waals surface area (Å²) in [5, 5.41) is 7.08. The van der Waals surface area contributed by atoms with Crippen molar-refractivity contribution in [2.24, 2.45) is 10.8 Å². The summed E-state index contributed by atoms with van der Waals surface area (Å²) < 4.78 is 5.52. The minimum absolute atomic E-state index is 0.120. The van der Waals surface area contributed by atoms with Gasteiger partial charge in [0.05, 0.1) is 25.2 Å². The van der Waals surface area contributed by atoms with Crippen LogP contribution in [0, 0.1) is 10.8 Å². The van der Waals surface area contributed by atoms with Crippen molar-refractivity contribution in [2.75, 3.05) is 19.7 Å². The SMILES string of the molecule is CC(C)(C)NC1(C(=O)C(C)(C)C)CN(C(=O)OCCCCCCCCC[C@@](C)(NC(C)(C)C)C(=O)C(C)(C)C)C1. The van der Waals surface area contributed by atoms with E-state index in [9.17, 15) is 14.4 Å². The van der Waals surface area contributed by atoms with Gasteiger partial charge in [-0.1, -0.05) is 80.1 Å². The fourth-order valence-corrected chi connectivity index (χ4v) is 6.05. The molecule has 2 N–H and O–H groups in total. The third-order valence-electron chi connectivity index (χ3n) is 7.29. The molecule has 0 aromatic heterocycles. The van der Waals surface area contributed by atoms with Crippen LogP contribution in [-0.4, -0.2) is 64.4 Å². The molecule has 1 saturated heterocycles. The summed E-state index contributed by atoms with van der Waals surface area (Å²) in [6.45, 7) is 27.5. The van der Waals surface area contributed by atoms with E-state index in [-0.39, 0.29) is 34.2 Å². The Balaban J connectivity index is 2.33. The maximum atomic E-state index is 13.2. The molecule has 0 aliphatic carbocycles. The van der Waals surface area contributed by atoms with Crippen LogP contribution in [-0.2, 0) is 14.3 Å². The van der Waals surface area contributed by atoms with Crippen molar-refractivity contribution in [1.82, 2.24) is 15.5 Å². The van der Waals surface area contributed by atoms with Crippen LogP contribution in [0.1, 0.15) is 141 Å². The van der Waals surface area contributed by atoms with Gasteiger partial charge in [0.15, 0.2) is 11.6 Å². The van der Waals surface area contributed by atoms with Crippen LogP contribution >= 0.6 is 0 Å². The van der Waals surface area contributed by atoms with Gasteiger partial charge in [0.1, 0.15) is 5.54 Å². The number of likely N-dealkylation sites (tertiary alicyclic amines) is 1. The lowest BCUT2D eigenvalue weighted by Crippen LogP contribution is -2.78. The summed E-state index contributed by atoms with van der Waals surface area (Å²) in [4.78, 5) is 40.5. The molecular formula is C33H63N3O4. The topological polar surface area (TPSA) is 87.7 Å². The number of ketones is 2. The van der Waals surface area contributed by atoms with Gasteiger partial charge in [-0.05, 0) is 61.3 Å². The molecule has 0 radical (unpaired) electrons. The number of amides is 1. The molecule has 40 heavy (non-hydrogen) atoms. The van der Waals surface area contributed by atoms with Crippen LogP contribution in [0.4, 0.5) is 4.79 Å². The maximum Gasteiger partial charge on any atom is 0.409 e. The predicted molar refractivity (Wildman–Crippen MR) is 166 cm³/mol. The first-order chi connectivity index (χ1) is 17.9. The lowest BCUT2D eigenvalue weighted by Gasteiger charge is -2.53. The average Bonchev–Trinajstić information content (AvgIpc) is 2.72. The number of hydrogen-bond acceptors (Lipinski definition) is 6. The molecule has 0 aromatic carbocycles. The molecule has 7 heteroatoms. The Morgan fingerprint density at radius 2 is 1.15 bits per heavy atom. The zero-order valence-electron chi connectivity index (χ0n) is 28.4.